The van der Waals surface area contributed by atoms with Crippen LogP contribution in [0.4, 0.5) is 0 Å². The molecule has 0 aliphatic rings. The molecule has 0 fully saturated rings. The first kappa shape index (κ1) is 13.9. The van der Waals surface area contributed by atoms with Crippen LogP contribution < -0.4 is 11.1 Å². The van der Waals surface area contributed by atoms with Crippen molar-refractivity contribution in [3.05, 3.63) is 0 Å². The van der Waals surface area contributed by atoms with E-state index in [9.17, 15) is 9.59 Å². The van der Waals surface area contributed by atoms with Gasteiger partial charge < -0.3 is 16.2 Å². The third-order valence-corrected chi connectivity index (χ3v) is 2.75. The Morgan fingerprint density at radius 3 is 2.27 bits per heavy atom. The van der Waals surface area contributed by atoms with E-state index in [4.69, 9.17) is 10.8 Å². The minimum atomic E-state index is -0.938. The summed E-state index contributed by atoms with van der Waals surface area (Å²) in [5.41, 5.74) is 4.79. The summed E-state index contributed by atoms with van der Waals surface area (Å²) in [5, 5.41) is 11.4. The Balaban J connectivity index is 4.37. The van der Waals surface area contributed by atoms with Crippen molar-refractivity contribution in [1.82, 2.24) is 5.32 Å². The Bertz CT molecular complexity index is 251. The minimum Gasteiger partial charge on any atom is -0.481 e. The van der Waals surface area contributed by atoms with Crippen molar-refractivity contribution >= 4 is 11.9 Å². The average Bonchev–Trinajstić information content (AvgIpc) is 2.16. The van der Waals surface area contributed by atoms with Gasteiger partial charge in [0.05, 0.1) is 11.5 Å². The number of aliphatic carboxylic acids is 1. The van der Waals surface area contributed by atoms with Crippen LogP contribution in [0.25, 0.3) is 0 Å². The summed E-state index contributed by atoms with van der Waals surface area (Å²) in [6.45, 7) is 6.64. The first-order valence-electron chi connectivity index (χ1n) is 5.05. The summed E-state index contributed by atoms with van der Waals surface area (Å²) in [4.78, 5) is 22.3. The Kier molecular flexibility index (Phi) is 4.74. The smallest absolute Gasteiger partial charge is 0.308 e. The molecular weight excluding hydrogens is 196 g/mol. The predicted molar refractivity (Wildman–Crippen MR) is 57.3 cm³/mol. The van der Waals surface area contributed by atoms with Gasteiger partial charge in [-0.3, -0.25) is 9.59 Å². The van der Waals surface area contributed by atoms with Crippen molar-refractivity contribution in [1.29, 1.82) is 0 Å². The fourth-order valence-electron chi connectivity index (χ4n) is 0.871. The number of hydrogen-bond acceptors (Lipinski definition) is 3. The van der Waals surface area contributed by atoms with Crippen LogP contribution in [0.2, 0.25) is 0 Å². The molecule has 3 unspecified atom stereocenters. The van der Waals surface area contributed by atoms with E-state index in [1.807, 2.05) is 6.92 Å². The lowest BCUT2D eigenvalue weighted by Gasteiger charge is -2.26. The summed E-state index contributed by atoms with van der Waals surface area (Å²) in [7, 11) is 0. The molecule has 5 nitrogen and oxygen atoms in total. The van der Waals surface area contributed by atoms with Crippen molar-refractivity contribution < 1.29 is 14.7 Å². The molecule has 0 rings (SSSR count). The zero-order chi connectivity index (χ0) is 12.2. The molecule has 0 saturated carbocycles. The quantitative estimate of drug-likeness (QED) is 0.618. The second kappa shape index (κ2) is 5.11. The van der Waals surface area contributed by atoms with Gasteiger partial charge in [0, 0.05) is 6.04 Å². The van der Waals surface area contributed by atoms with Gasteiger partial charge in [-0.2, -0.15) is 0 Å². The molecule has 5 heteroatoms. The lowest BCUT2D eigenvalue weighted by Crippen LogP contribution is -2.54. The van der Waals surface area contributed by atoms with Crippen LogP contribution in [0, 0.1) is 5.92 Å². The van der Waals surface area contributed by atoms with E-state index in [1.54, 1.807) is 20.8 Å². The summed E-state index contributed by atoms with van der Waals surface area (Å²) in [6.07, 6.45) is 0.507. The van der Waals surface area contributed by atoms with Gasteiger partial charge in [0.2, 0.25) is 5.91 Å². The summed E-state index contributed by atoms with van der Waals surface area (Å²) >= 11 is 0. The number of hydrogen-bond donors (Lipinski definition) is 3. The van der Waals surface area contributed by atoms with Gasteiger partial charge in [-0.05, 0) is 27.2 Å². The molecule has 88 valence electrons. The van der Waals surface area contributed by atoms with Gasteiger partial charge in [0.15, 0.2) is 0 Å². The second-order valence-corrected chi connectivity index (χ2v) is 4.16. The van der Waals surface area contributed by atoms with Crippen molar-refractivity contribution in [3.63, 3.8) is 0 Å². The predicted octanol–water partition coefficient (Wildman–Crippen LogP) is 0.339. The summed E-state index contributed by atoms with van der Waals surface area (Å²) in [6, 6.07) is -0.426. The molecule has 0 radical (unpaired) electrons. The lowest BCUT2D eigenvalue weighted by atomic mass is 9.97. The van der Waals surface area contributed by atoms with Crippen LogP contribution in [0.1, 0.15) is 34.1 Å². The molecule has 0 aromatic rings. The zero-order valence-corrected chi connectivity index (χ0v) is 9.70. The number of amides is 1. The second-order valence-electron chi connectivity index (χ2n) is 4.16. The van der Waals surface area contributed by atoms with E-state index in [0.717, 1.165) is 0 Å². The highest BCUT2D eigenvalue weighted by atomic mass is 16.4. The number of carbonyl (C=O) groups excluding carboxylic acids is 1. The standard InChI is InChI=1S/C10H20N2O3/c1-5-10(4,11)9(15)12-7(3)6(2)8(13)14/h6-7H,5,11H2,1-4H3,(H,12,15)(H,13,14). The molecule has 0 aromatic carbocycles. The Labute approximate surface area is 90.0 Å². The molecule has 0 bridgehead atoms. The molecule has 0 spiro atoms. The normalized spacial score (nSPS) is 18.7. The highest BCUT2D eigenvalue weighted by Gasteiger charge is 2.29. The molecule has 0 aromatic heterocycles. The zero-order valence-electron chi connectivity index (χ0n) is 9.70. The summed E-state index contributed by atoms with van der Waals surface area (Å²) in [5.74, 6) is -1.87. The Morgan fingerprint density at radius 2 is 1.93 bits per heavy atom. The van der Waals surface area contributed by atoms with Gasteiger partial charge >= 0.3 is 5.97 Å². The minimum absolute atomic E-state index is 0.314. The third kappa shape index (κ3) is 3.87. The van der Waals surface area contributed by atoms with Crippen LogP contribution >= 0.6 is 0 Å². The monoisotopic (exact) mass is 216 g/mol. The molecule has 0 aliphatic heterocycles. The van der Waals surface area contributed by atoms with Crippen LogP contribution in [-0.4, -0.2) is 28.6 Å². The number of rotatable bonds is 5. The van der Waals surface area contributed by atoms with Crippen molar-refractivity contribution in [2.24, 2.45) is 11.7 Å². The van der Waals surface area contributed by atoms with Gasteiger partial charge in [0.25, 0.3) is 0 Å². The molecule has 0 heterocycles. The van der Waals surface area contributed by atoms with Crippen LogP contribution in [0.5, 0.6) is 0 Å². The van der Waals surface area contributed by atoms with Crippen LogP contribution in [-0.2, 0) is 9.59 Å². The third-order valence-electron chi connectivity index (χ3n) is 2.75. The first-order valence-corrected chi connectivity index (χ1v) is 5.05. The Hall–Kier alpha value is -1.10. The first-order chi connectivity index (χ1) is 6.72. The average molecular weight is 216 g/mol. The molecule has 3 atom stereocenters. The maximum absolute atomic E-state index is 11.6. The number of nitrogens with two attached hydrogens (primary N) is 1. The van der Waals surface area contributed by atoms with Gasteiger partial charge in [-0.25, -0.2) is 0 Å². The maximum atomic E-state index is 11.6. The Morgan fingerprint density at radius 1 is 1.47 bits per heavy atom. The number of carbonyl (C=O) groups is 2. The fourth-order valence-corrected chi connectivity index (χ4v) is 0.871. The van der Waals surface area contributed by atoms with Crippen LogP contribution in [0.3, 0.4) is 0 Å². The van der Waals surface area contributed by atoms with Crippen molar-refractivity contribution in [2.75, 3.05) is 0 Å². The highest BCUT2D eigenvalue weighted by Crippen LogP contribution is 2.08. The van der Waals surface area contributed by atoms with Gasteiger partial charge in [-0.15, -0.1) is 0 Å². The van der Waals surface area contributed by atoms with Crippen molar-refractivity contribution in [2.45, 2.75) is 45.7 Å². The lowest BCUT2D eigenvalue weighted by molar-refractivity contribution is -0.142. The molecular formula is C10H20N2O3. The topological polar surface area (TPSA) is 92.4 Å². The fraction of sp³-hybridized carbons (Fsp3) is 0.800. The SMILES string of the molecule is CCC(C)(N)C(=O)NC(C)C(C)C(=O)O. The van der Waals surface area contributed by atoms with E-state index < -0.39 is 23.5 Å². The number of carboxylic acid groups (broad SMARTS) is 1. The molecule has 15 heavy (non-hydrogen) atoms. The molecule has 0 saturated heterocycles. The summed E-state index contributed by atoms with van der Waals surface area (Å²) < 4.78 is 0. The number of carboxylic acids is 1. The highest BCUT2D eigenvalue weighted by molar-refractivity contribution is 5.86. The van der Waals surface area contributed by atoms with E-state index in [1.165, 1.54) is 0 Å². The van der Waals surface area contributed by atoms with E-state index >= 15 is 0 Å². The number of nitrogens with one attached hydrogen (secondary N) is 1. The van der Waals surface area contributed by atoms with E-state index in [2.05, 4.69) is 5.32 Å². The molecule has 1 amide bonds. The van der Waals surface area contributed by atoms with Crippen LogP contribution in [0.15, 0.2) is 0 Å². The van der Waals surface area contributed by atoms with Crippen molar-refractivity contribution in [3.8, 4) is 0 Å². The maximum Gasteiger partial charge on any atom is 0.308 e. The van der Waals surface area contributed by atoms with Gasteiger partial charge in [-0.1, -0.05) is 6.92 Å². The van der Waals surface area contributed by atoms with E-state index in [-0.39, 0.29) is 5.91 Å². The largest absolute Gasteiger partial charge is 0.481 e. The molecule has 4 N–H and O–H groups in total. The van der Waals surface area contributed by atoms with E-state index in [0.29, 0.717) is 6.42 Å². The van der Waals surface area contributed by atoms with Gasteiger partial charge in [0.1, 0.15) is 0 Å². The molecule has 0 aliphatic carbocycles.